The topological polar surface area (TPSA) is 99.7 Å². The van der Waals surface area contributed by atoms with Crippen molar-refractivity contribution in [3.63, 3.8) is 0 Å². The Balaban J connectivity index is 1.23. The number of anilines is 1. The van der Waals surface area contributed by atoms with E-state index in [-0.39, 0.29) is 28.4 Å². The van der Waals surface area contributed by atoms with Crippen molar-refractivity contribution in [2.24, 2.45) is 5.92 Å². The molecule has 0 spiro atoms. The van der Waals surface area contributed by atoms with E-state index >= 15 is 0 Å². The number of aromatic nitrogens is 1. The molecule has 4 rings (SSSR count). The molecule has 2 amide bonds. The van der Waals surface area contributed by atoms with Crippen molar-refractivity contribution in [2.75, 3.05) is 37.2 Å². The van der Waals surface area contributed by atoms with E-state index in [2.05, 4.69) is 10.3 Å². The molecule has 0 saturated carbocycles. The lowest BCUT2D eigenvalue weighted by molar-refractivity contribution is -0.132. The molecule has 0 radical (unpaired) electrons. The minimum absolute atomic E-state index is 0.00233. The van der Waals surface area contributed by atoms with Gasteiger partial charge in [-0.3, -0.25) is 9.59 Å². The van der Waals surface area contributed by atoms with Crippen LogP contribution in [0.1, 0.15) is 25.7 Å². The first kappa shape index (κ1) is 23.7. The second kappa shape index (κ2) is 10.7. The predicted molar refractivity (Wildman–Crippen MR) is 127 cm³/mol. The van der Waals surface area contributed by atoms with Crippen molar-refractivity contribution in [3.8, 4) is 0 Å². The first-order valence-electron chi connectivity index (χ1n) is 11.2. The molecule has 1 aromatic carbocycles. The number of rotatable bonds is 7. The summed E-state index contributed by atoms with van der Waals surface area (Å²) in [6, 6.07) is 12.6. The first-order valence-corrected chi connectivity index (χ1v) is 13.6. The Morgan fingerprint density at radius 1 is 1.00 bits per heavy atom. The van der Waals surface area contributed by atoms with Gasteiger partial charge in [-0.2, -0.15) is 4.31 Å². The molecule has 2 aliphatic rings. The van der Waals surface area contributed by atoms with Gasteiger partial charge in [0.15, 0.2) is 0 Å². The average molecular weight is 489 g/mol. The quantitative estimate of drug-likeness (QED) is 0.602. The van der Waals surface area contributed by atoms with Crippen LogP contribution < -0.4 is 5.32 Å². The van der Waals surface area contributed by atoms with E-state index < -0.39 is 10.0 Å². The summed E-state index contributed by atoms with van der Waals surface area (Å²) in [4.78, 5) is 31.3. The summed E-state index contributed by atoms with van der Waals surface area (Å²) in [5, 5.41) is 3.55. The zero-order valence-corrected chi connectivity index (χ0v) is 20.0. The maximum absolute atomic E-state index is 12.6. The Kier molecular flexibility index (Phi) is 7.67. The highest BCUT2D eigenvalue weighted by molar-refractivity contribution is 7.99. The second-order valence-corrected chi connectivity index (χ2v) is 11.2. The summed E-state index contributed by atoms with van der Waals surface area (Å²) >= 11 is 1.29. The van der Waals surface area contributed by atoms with Crippen molar-refractivity contribution in [3.05, 3.63) is 48.7 Å². The molecule has 176 valence electrons. The molecule has 1 aromatic heterocycles. The van der Waals surface area contributed by atoms with Gasteiger partial charge in [-0.1, -0.05) is 30.0 Å². The van der Waals surface area contributed by atoms with Crippen molar-refractivity contribution in [2.45, 2.75) is 35.6 Å². The Morgan fingerprint density at radius 2 is 1.70 bits per heavy atom. The van der Waals surface area contributed by atoms with E-state index in [4.69, 9.17) is 0 Å². The number of nitrogens with one attached hydrogen (secondary N) is 1. The van der Waals surface area contributed by atoms with Crippen molar-refractivity contribution >= 4 is 39.3 Å². The van der Waals surface area contributed by atoms with Crippen LogP contribution in [-0.2, 0) is 19.6 Å². The van der Waals surface area contributed by atoms with Crippen molar-refractivity contribution in [1.29, 1.82) is 0 Å². The molecule has 10 heteroatoms. The Hall–Kier alpha value is -2.43. The number of sulfonamides is 1. The maximum Gasteiger partial charge on any atom is 0.244 e. The number of carbonyl (C=O) groups excluding carboxylic acids is 2. The highest BCUT2D eigenvalue weighted by Gasteiger charge is 2.28. The molecule has 1 N–H and O–H groups in total. The van der Waals surface area contributed by atoms with Gasteiger partial charge in [-0.15, -0.1) is 0 Å². The van der Waals surface area contributed by atoms with Crippen LogP contribution in [0, 0.1) is 5.92 Å². The van der Waals surface area contributed by atoms with Crippen LogP contribution in [0.25, 0.3) is 0 Å². The smallest absolute Gasteiger partial charge is 0.244 e. The number of piperidine rings is 1. The Labute approximate surface area is 198 Å². The third-order valence-electron chi connectivity index (χ3n) is 6.02. The average Bonchev–Trinajstić information content (AvgIpc) is 3.40. The van der Waals surface area contributed by atoms with E-state index in [1.165, 1.54) is 22.3 Å². The number of likely N-dealkylation sites (tertiary alicyclic amines) is 1. The van der Waals surface area contributed by atoms with Gasteiger partial charge in [-0.25, -0.2) is 13.4 Å². The van der Waals surface area contributed by atoms with Crippen LogP contribution in [0.4, 0.5) is 5.69 Å². The number of carbonyl (C=O) groups is 2. The molecule has 3 heterocycles. The summed E-state index contributed by atoms with van der Waals surface area (Å²) in [6.07, 6.45) is 4.42. The van der Waals surface area contributed by atoms with Crippen LogP contribution in [0.2, 0.25) is 0 Å². The zero-order valence-electron chi connectivity index (χ0n) is 18.4. The normalized spacial score (nSPS) is 17.8. The zero-order chi connectivity index (χ0) is 23.3. The van der Waals surface area contributed by atoms with E-state index in [1.807, 2.05) is 30.3 Å². The van der Waals surface area contributed by atoms with Gasteiger partial charge in [0.2, 0.25) is 21.8 Å². The van der Waals surface area contributed by atoms with Crippen molar-refractivity contribution in [1.82, 2.24) is 14.2 Å². The number of thioether (sulfide) groups is 1. The molecule has 0 atom stereocenters. The monoisotopic (exact) mass is 488 g/mol. The van der Waals surface area contributed by atoms with Crippen LogP contribution >= 0.6 is 11.8 Å². The van der Waals surface area contributed by atoms with E-state index in [9.17, 15) is 18.0 Å². The number of hydrogen-bond donors (Lipinski definition) is 1. The summed E-state index contributed by atoms with van der Waals surface area (Å²) in [5.41, 5.74) is 0.782. The fourth-order valence-electron chi connectivity index (χ4n) is 4.07. The lowest BCUT2D eigenvalue weighted by Crippen LogP contribution is -2.42. The SMILES string of the molecule is O=C(Nc1ccccc1)C1CCN(C(=O)CSc2ccc(S(=O)(=O)N3CCCC3)cn2)CC1. The summed E-state index contributed by atoms with van der Waals surface area (Å²) < 4.78 is 26.7. The molecular formula is C23H28N4O4S2. The van der Waals surface area contributed by atoms with Crippen LogP contribution in [-0.4, -0.2) is 66.4 Å². The number of amides is 2. The maximum atomic E-state index is 12.6. The van der Waals surface area contributed by atoms with Gasteiger partial charge in [0.05, 0.1) is 10.8 Å². The molecule has 8 nitrogen and oxygen atoms in total. The van der Waals surface area contributed by atoms with Gasteiger partial charge in [-0.05, 0) is 49.9 Å². The summed E-state index contributed by atoms with van der Waals surface area (Å²) in [5.74, 6) is 0.119. The van der Waals surface area contributed by atoms with Gasteiger partial charge in [0, 0.05) is 44.0 Å². The van der Waals surface area contributed by atoms with Gasteiger partial charge in [0.25, 0.3) is 0 Å². The molecule has 33 heavy (non-hydrogen) atoms. The number of nitrogens with zero attached hydrogens (tertiary/aromatic N) is 3. The lowest BCUT2D eigenvalue weighted by atomic mass is 9.96. The van der Waals surface area contributed by atoms with Crippen LogP contribution in [0.15, 0.2) is 58.6 Å². The first-order chi connectivity index (χ1) is 15.9. The molecule has 2 saturated heterocycles. The Morgan fingerprint density at radius 3 is 2.33 bits per heavy atom. The molecule has 2 fully saturated rings. The minimum Gasteiger partial charge on any atom is -0.342 e. The highest BCUT2D eigenvalue weighted by atomic mass is 32.2. The fraction of sp³-hybridized carbons (Fsp3) is 0.435. The third kappa shape index (κ3) is 5.93. The van der Waals surface area contributed by atoms with E-state index in [0.717, 1.165) is 18.5 Å². The predicted octanol–water partition coefficient (Wildman–Crippen LogP) is 2.84. The molecule has 0 unspecified atom stereocenters. The number of para-hydroxylation sites is 1. The summed E-state index contributed by atoms with van der Waals surface area (Å²) in [6.45, 7) is 2.20. The molecular weight excluding hydrogens is 460 g/mol. The van der Waals surface area contributed by atoms with Crippen LogP contribution in [0.3, 0.4) is 0 Å². The lowest BCUT2D eigenvalue weighted by Gasteiger charge is -2.31. The van der Waals surface area contributed by atoms with Gasteiger partial charge in [0.1, 0.15) is 4.90 Å². The molecule has 2 aliphatic heterocycles. The fourth-order valence-corrected chi connectivity index (χ4v) is 6.27. The van der Waals surface area contributed by atoms with Gasteiger partial charge < -0.3 is 10.2 Å². The molecule has 0 aliphatic carbocycles. The number of benzene rings is 1. The van der Waals surface area contributed by atoms with Crippen LogP contribution in [0.5, 0.6) is 0 Å². The Bertz CT molecular complexity index is 1060. The second-order valence-electron chi connectivity index (χ2n) is 8.24. The largest absolute Gasteiger partial charge is 0.342 e. The van der Waals surface area contributed by atoms with E-state index in [0.29, 0.717) is 44.0 Å². The highest BCUT2D eigenvalue weighted by Crippen LogP contribution is 2.24. The number of hydrogen-bond acceptors (Lipinski definition) is 6. The third-order valence-corrected chi connectivity index (χ3v) is 8.83. The van der Waals surface area contributed by atoms with Gasteiger partial charge >= 0.3 is 0 Å². The number of pyridine rings is 1. The summed E-state index contributed by atoms with van der Waals surface area (Å²) in [7, 11) is -3.48. The molecule has 0 bridgehead atoms. The van der Waals surface area contributed by atoms with Crippen molar-refractivity contribution < 1.29 is 18.0 Å². The van der Waals surface area contributed by atoms with E-state index in [1.54, 1.807) is 17.0 Å². The minimum atomic E-state index is -3.48. The molecule has 2 aromatic rings. The standard InChI is InChI=1S/C23H28N4O4S2/c28-22(26-14-10-18(11-15-26)23(29)25-19-6-2-1-3-7-19)17-32-21-9-8-20(16-24-21)33(30,31)27-12-4-5-13-27/h1-3,6-9,16,18H,4-5,10-15,17H2,(H,25,29).